The summed E-state index contributed by atoms with van der Waals surface area (Å²) in [5, 5.41) is 3.55. The number of fused-ring (bicyclic) bond motifs is 1. The SMILES string of the molecule is CCCNC(C1=CCCO1)c1cccc2c1OCCO2. The van der Waals surface area contributed by atoms with Gasteiger partial charge in [-0.25, -0.2) is 0 Å². The van der Waals surface area contributed by atoms with Gasteiger partial charge in [-0.3, -0.25) is 0 Å². The highest BCUT2D eigenvalue weighted by molar-refractivity contribution is 5.50. The molecule has 0 fully saturated rings. The average molecular weight is 275 g/mol. The molecular weight excluding hydrogens is 254 g/mol. The molecule has 0 bridgehead atoms. The third kappa shape index (κ3) is 2.61. The average Bonchev–Trinajstić information content (AvgIpc) is 3.02. The summed E-state index contributed by atoms with van der Waals surface area (Å²) < 4.78 is 17.3. The minimum atomic E-state index is 0.0501. The summed E-state index contributed by atoms with van der Waals surface area (Å²) in [5.74, 6) is 2.68. The van der Waals surface area contributed by atoms with Crippen molar-refractivity contribution in [1.29, 1.82) is 0 Å². The summed E-state index contributed by atoms with van der Waals surface area (Å²) in [6.45, 7) is 5.09. The topological polar surface area (TPSA) is 39.7 Å². The molecule has 0 aliphatic carbocycles. The van der Waals surface area contributed by atoms with Crippen molar-refractivity contribution in [1.82, 2.24) is 5.32 Å². The number of benzene rings is 1. The van der Waals surface area contributed by atoms with Crippen LogP contribution in [0.3, 0.4) is 0 Å². The predicted molar refractivity (Wildman–Crippen MR) is 77.1 cm³/mol. The molecule has 4 nitrogen and oxygen atoms in total. The zero-order valence-corrected chi connectivity index (χ0v) is 11.9. The number of para-hydroxylation sites is 1. The first-order chi connectivity index (χ1) is 9.90. The molecule has 1 atom stereocenters. The zero-order chi connectivity index (χ0) is 13.8. The third-order valence-electron chi connectivity index (χ3n) is 3.52. The van der Waals surface area contributed by atoms with Crippen LogP contribution >= 0.6 is 0 Å². The Bertz CT molecular complexity index is 498. The second-order valence-corrected chi connectivity index (χ2v) is 5.00. The van der Waals surface area contributed by atoms with Crippen LogP contribution in [0.15, 0.2) is 30.0 Å². The molecular formula is C16H21NO3. The predicted octanol–water partition coefficient (Wildman–Crippen LogP) is 2.80. The number of hydrogen-bond acceptors (Lipinski definition) is 4. The van der Waals surface area contributed by atoms with Gasteiger partial charge in [0, 0.05) is 12.0 Å². The van der Waals surface area contributed by atoms with Crippen molar-refractivity contribution in [3.05, 3.63) is 35.6 Å². The van der Waals surface area contributed by atoms with Crippen LogP contribution in [0, 0.1) is 0 Å². The van der Waals surface area contributed by atoms with Gasteiger partial charge in [0.25, 0.3) is 0 Å². The second kappa shape index (κ2) is 6.18. The fraction of sp³-hybridized carbons (Fsp3) is 0.500. The lowest BCUT2D eigenvalue weighted by Gasteiger charge is -2.26. The molecule has 2 aliphatic rings. The van der Waals surface area contributed by atoms with Gasteiger partial charge >= 0.3 is 0 Å². The molecule has 2 aliphatic heterocycles. The van der Waals surface area contributed by atoms with Gasteiger partial charge in [-0.2, -0.15) is 0 Å². The zero-order valence-electron chi connectivity index (χ0n) is 11.9. The molecule has 1 aromatic rings. The Morgan fingerprint density at radius 3 is 2.85 bits per heavy atom. The van der Waals surface area contributed by atoms with Gasteiger partial charge in [-0.05, 0) is 25.1 Å². The van der Waals surface area contributed by atoms with E-state index in [-0.39, 0.29) is 6.04 Å². The monoisotopic (exact) mass is 275 g/mol. The standard InChI is InChI=1S/C16H21NO3/c1-2-8-17-15(13-7-4-9-18-13)12-5-3-6-14-16(12)20-11-10-19-14/h3,5-7,15,17H,2,4,8-11H2,1H3. The first-order valence-corrected chi connectivity index (χ1v) is 7.35. The third-order valence-corrected chi connectivity index (χ3v) is 3.52. The van der Waals surface area contributed by atoms with Gasteiger partial charge in [0.05, 0.1) is 12.6 Å². The first kappa shape index (κ1) is 13.3. The van der Waals surface area contributed by atoms with Crippen LogP contribution in [-0.4, -0.2) is 26.4 Å². The summed E-state index contributed by atoms with van der Waals surface area (Å²) in [6, 6.07) is 6.11. The van der Waals surface area contributed by atoms with E-state index in [9.17, 15) is 0 Å². The van der Waals surface area contributed by atoms with E-state index in [0.717, 1.165) is 48.8 Å². The molecule has 1 unspecified atom stereocenters. The van der Waals surface area contributed by atoms with Gasteiger partial charge in [-0.1, -0.05) is 19.1 Å². The van der Waals surface area contributed by atoms with Crippen LogP contribution in [-0.2, 0) is 4.74 Å². The molecule has 0 saturated heterocycles. The molecule has 3 rings (SSSR count). The molecule has 4 heteroatoms. The molecule has 0 amide bonds. The van der Waals surface area contributed by atoms with Gasteiger partial charge in [0.2, 0.25) is 0 Å². The van der Waals surface area contributed by atoms with E-state index in [1.54, 1.807) is 0 Å². The largest absolute Gasteiger partial charge is 0.496 e. The van der Waals surface area contributed by atoms with E-state index in [2.05, 4.69) is 24.4 Å². The molecule has 0 aromatic heterocycles. The Morgan fingerprint density at radius 2 is 2.05 bits per heavy atom. The maximum Gasteiger partial charge on any atom is 0.166 e. The molecule has 20 heavy (non-hydrogen) atoms. The quantitative estimate of drug-likeness (QED) is 0.897. The molecule has 2 heterocycles. The first-order valence-electron chi connectivity index (χ1n) is 7.35. The summed E-state index contributed by atoms with van der Waals surface area (Å²) in [5.41, 5.74) is 1.10. The van der Waals surface area contributed by atoms with Gasteiger partial charge in [0.15, 0.2) is 11.5 Å². The minimum Gasteiger partial charge on any atom is -0.496 e. The van der Waals surface area contributed by atoms with Crippen LogP contribution in [0.5, 0.6) is 11.5 Å². The molecule has 1 aromatic carbocycles. The maximum atomic E-state index is 5.83. The van der Waals surface area contributed by atoms with Crippen molar-refractivity contribution >= 4 is 0 Å². The van der Waals surface area contributed by atoms with E-state index in [0.29, 0.717) is 13.2 Å². The van der Waals surface area contributed by atoms with Crippen LogP contribution < -0.4 is 14.8 Å². The van der Waals surface area contributed by atoms with Gasteiger partial charge in [-0.15, -0.1) is 0 Å². The Morgan fingerprint density at radius 1 is 1.15 bits per heavy atom. The van der Waals surface area contributed by atoms with E-state index in [1.165, 1.54) is 0 Å². The highest BCUT2D eigenvalue weighted by Crippen LogP contribution is 2.40. The van der Waals surface area contributed by atoms with E-state index in [1.807, 2.05) is 12.1 Å². The van der Waals surface area contributed by atoms with Crippen LogP contribution in [0.25, 0.3) is 0 Å². The Kier molecular flexibility index (Phi) is 4.11. The number of hydrogen-bond donors (Lipinski definition) is 1. The van der Waals surface area contributed by atoms with E-state index >= 15 is 0 Å². The second-order valence-electron chi connectivity index (χ2n) is 5.00. The van der Waals surface area contributed by atoms with Crippen molar-refractivity contribution in [2.45, 2.75) is 25.8 Å². The lowest BCUT2D eigenvalue weighted by atomic mass is 10.0. The van der Waals surface area contributed by atoms with Gasteiger partial charge < -0.3 is 19.5 Å². The smallest absolute Gasteiger partial charge is 0.166 e. The summed E-state index contributed by atoms with van der Waals surface area (Å²) in [4.78, 5) is 0. The van der Waals surface area contributed by atoms with Crippen molar-refractivity contribution < 1.29 is 14.2 Å². The van der Waals surface area contributed by atoms with Crippen molar-refractivity contribution in [3.63, 3.8) is 0 Å². The highest BCUT2D eigenvalue weighted by atomic mass is 16.6. The molecule has 108 valence electrons. The van der Waals surface area contributed by atoms with Crippen molar-refractivity contribution in [3.8, 4) is 11.5 Å². The lowest BCUT2D eigenvalue weighted by Crippen LogP contribution is -2.26. The van der Waals surface area contributed by atoms with Gasteiger partial charge in [0.1, 0.15) is 19.0 Å². The van der Waals surface area contributed by atoms with Crippen LogP contribution in [0.1, 0.15) is 31.4 Å². The van der Waals surface area contributed by atoms with E-state index in [4.69, 9.17) is 14.2 Å². The molecule has 1 N–H and O–H groups in total. The van der Waals surface area contributed by atoms with Crippen LogP contribution in [0.4, 0.5) is 0 Å². The molecule has 0 spiro atoms. The summed E-state index contributed by atoms with van der Waals surface area (Å²) >= 11 is 0. The minimum absolute atomic E-state index is 0.0501. The summed E-state index contributed by atoms with van der Waals surface area (Å²) in [7, 11) is 0. The summed E-state index contributed by atoms with van der Waals surface area (Å²) in [6.07, 6.45) is 4.22. The number of rotatable bonds is 5. The Labute approximate surface area is 119 Å². The van der Waals surface area contributed by atoms with Crippen molar-refractivity contribution in [2.24, 2.45) is 0 Å². The molecule has 0 saturated carbocycles. The number of nitrogens with one attached hydrogen (secondary N) is 1. The van der Waals surface area contributed by atoms with E-state index < -0.39 is 0 Å². The highest BCUT2D eigenvalue weighted by Gasteiger charge is 2.26. The Balaban J connectivity index is 1.93. The molecule has 0 radical (unpaired) electrons. The Hall–Kier alpha value is -1.68. The number of ether oxygens (including phenoxy) is 3. The maximum absolute atomic E-state index is 5.83. The van der Waals surface area contributed by atoms with Crippen molar-refractivity contribution in [2.75, 3.05) is 26.4 Å². The normalized spacial score (nSPS) is 18.4. The fourth-order valence-corrected chi connectivity index (χ4v) is 2.61. The van der Waals surface area contributed by atoms with Crippen LogP contribution in [0.2, 0.25) is 0 Å². The fourth-order valence-electron chi connectivity index (χ4n) is 2.61. The lowest BCUT2D eigenvalue weighted by molar-refractivity contribution is 0.166.